The van der Waals surface area contributed by atoms with Gasteiger partial charge in [0.2, 0.25) is 0 Å². The van der Waals surface area contributed by atoms with Crippen molar-refractivity contribution in [2.45, 2.75) is 19.9 Å². The van der Waals surface area contributed by atoms with Crippen molar-refractivity contribution in [2.75, 3.05) is 13.1 Å². The van der Waals surface area contributed by atoms with Gasteiger partial charge in [-0.2, -0.15) is 0 Å². The van der Waals surface area contributed by atoms with Crippen LogP contribution in [0, 0.1) is 5.92 Å². The first-order valence-corrected chi connectivity index (χ1v) is 7.71. The molecule has 1 fully saturated rings. The van der Waals surface area contributed by atoms with E-state index in [1.165, 1.54) is 15.5 Å². The van der Waals surface area contributed by atoms with Crippen LogP contribution in [0.1, 0.15) is 23.7 Å². The minimum atomic E-state index is -0.903. The predicted molar refractivity (Wildman–Crippen MR) is 86.1 cm³/mol. The number of nitrogens with zero attached hydrogens (tertiary/aromatic N) is 2. The van der Waals surface area contributed by atoms with Gasteiger partial charge in [-0.15, -0.1) is 0 Å². The Morgan fingerprint density at radius 3 is 2.71 bits per heavy atom. The molecule has 0 spiro atoms. The maximum Gasteiger partial charge on any atom is 0.316 e. The van der Waals surface area contributed by atoms with Crippen LogP contribution in [0.2, 0.25) is 0 Å². The molecule has 1 amide bonds. The zero-order valence-electron chi connectivity index (χ0n) is 13.1. The number of rotatable bonds is 3. The van der Waals surface area contributed by atoms with Gasteiger partial charge in [-0.3, -0.25) is 19.2 Å². The van der Waals surface area contributed by atoms with E-state index in [1.54, 1.807) is 19.1 Å². The van der Waals surface area contributed by atoms with Gasteiger partial charge in [0.05, 0.1) is 17.0 Å². The van der Waals surface area contributed by atoms with Gasteiger partial charge in [0, 0.05) is 25.2 Å². The van der Waals surface area contributed by atoms with Gasteiger partial charge in [-0.05, 0) is 31.5 Å². The summed E-state index contributed by atoms with van der Waals surface area (Å²) in [6.45, 7) is 2.67. The lowest BCUT2D eigenvalue weighted by Crippen LogP contribution is -2.36. The molecule has 0 bridgehead atoms. The van der Waals surface area contributed by atoms with Crippen LogP contribution in [0.4, 0.5) is 0 Å². The van der Waals surface area contributed by atoms with E-state index in [9.17, 15) is 19.2 Å². The fourth-order valence-electron chi connectivity index (χ4n) is 3.06. The van der Waals surface area contributed by atoms with Crippen LogP contribution in [0.25, 0.3) is 11.0 Å². The second kappa shape index (κ2) is 5.95. The number of aromatic amines is 1. The van der Waals surface area contributed by atoms with Crippen LogP contribution < -0.4 is 11.1 Å². The number of carboxylic acids is 1. The number of benzene rings is 1. The van der Waals surface area contributed by atoms with Crippen molar-refractivity contribution in [1.29, 1.82) is 0 Å². The molecule has 0 unspecified atom stereocenters. The molecule has 126 valence electrons. The predicted octanol–water partition coefficient (Wildman–Crippen LogP) is 0.256. The molecular weight excluding hydrogens is 314 g/mol. The van der Waals surface area contributed by atoms with Crippen molar-refractivity contribution < 1.29 is 14.7 Å². The second-order valence-electron chi connectivity index (χ2n) is 5.81. The van der Waals surface area contributed by atoms with Gasteiger partial charge in [0.25, 0.3) is 5.91 Å². The molecule has 2 aromatic rings. The van der Waals surface area contributed by atoms with E-state index in [4.69, 9.17) is 5.11 Å². The number of likely N-dealkylation sites (tertiary alicyclic amines) is 1. The second-order valence-corrected chi connectivity index (χ2v) is 5.81. The van der Waals surface area contributed by atoms with Crippen molar-refractivity contribution in [3.63, 3.8) is 0 Å². The normalized spacial score (nSPS) is 17.4. The molecule has 1 aromatic carbocycles. The Morgan fingerprint density at radius 1 is 1.33 bits per heavy atom. The van der Waals surface area contributed by atoms with Gasteiger partial charge in [-0.1, -0.05) is 0 Å². The standard InChI is InChI=1S/C16H17N3O5/c1-2-19-12-4-3-9(7-11(12)17-13(20)15(19)22)14(21)18-6-5-10(8-18)16(23)24/h3-4,7,10H,2,5-6,8H2,1H3,(H,17,20)(H,23,24)/t10-/m0/s1. The lowest BCUT2D eigenvalue weighted by atomic mass is 10.1. The molecule has 1 saturated heterocycles. The van der Waals surface area contributed by atoms with E-state index in [-0.39, 0.29) is 12.5 Å². The molecule has 2 heterocycles. The Morgan fingerprint density at radius 2 is 2.08 bits per heavy atom. The Hall–Kier alpha value is -2.90. The highest BCUT2D eigenvalue weighted by atomic mass is 16.4. The molecule has 3 rings (SSSR count). The van der Waals surface area contributed by atoms with Crippen LogP contribution in [-0.4, -0.2) is 44.5 Å². The van der Waals surface area contributed by atoms with Gasteiger partial charge >= 0.3 is 17.1 Å². The van der Waals surface area contributed by atoms with E-state index in [2.05, 4.69) is 4.98 Å². The molecule has 0 radical (unpaired) electrons. The Balaban J connectivity index is 1.98. The van der Waals surface area contributed by atoms with Crippen molar-refractivity contribution >= 4 is 22.9 Å². The third kappa shape index (κ3) is 2.60. The number of fused-ring (bicyclic) bond motifs is 1. The van der Waals surface area contributed by atoms with Crippen molar-refractivity contribution in [3.8, 4) is 0 Å². The molecule has 1 aromatic heterocycles. The highest BCUT2D eigenvalue weighted by Gasteiger charge is 2.31. The summed E-state index contributed by atoms with van der Waals surface area (Å²) < 4.78 is 1.35. The molecule has 1 aliphatic rings. The number of carbonyl (C=O) groups excluding carboxylic acids is 1. The molecular formula is C16H17N3O5. The van der Waals surface area contributed by atoms with Crippen molar-refractivity contribution in [2.24, 2.45) is 5.92 Å². The summed E-state index contributed by atoms with van der Waals surface area (Å²) >= 11 is 0. The molecule has 24 heavy (non-hydrogen) atoms. The SMILES string of the molecule is CCn1c(=O)c(=O)[nH]c2cc(C(=O)N3CC[C@H](C(=O)O)C3)ccc21. The highest BCUT2D eigenvalue weighted by Crippen LogP contribution is 2.20. The minimum Gasteiger partial charge on any atom is -0.481 e. The number of carbonyl (C=O) groups is 2. The average molecular weight is 331 g/mol. The van der Waals surface area contributed by atoms with E-state index >= 15 is 0 Å². The minimum absolute atomic E-state index is 0.178. The van der Waals surface area contributed by atoms with E-state index in [0.717, 1.165) is 0 Å². The monoisotopic (exact) mass is 331 g/mol. The first kappa shape index (κ1) is 16.0. The number of nitrogens with one attached hydrogen (secondary N) is 1. The van der Waals surface area contributed by atoms with E-state index in [0.29, 0.717) is 36.1 Å². The molecule has 1 atom stereocenters. The van der Waals surface area contributed by atoms with Crippen LogP contribution in [0.3, 0.4) is 0 Å². The van der Waals surface area contributed by atoms with Gasteiger partial charge in [0.15, 0.2) is 0 Å². The molecule has 1 aliphatic heterocycles. The first-order chi connectivity index (χ1) is 11.4. The zero-order valence-corrected chi connectivity index (χ0v) is 13.1. The number of aromatic nitrogens is 2. The molecule has 2 N–H and O–H groups in total. The van der Waals surface area contributed by atoms with Crippen molar-refractivity contribution in [1.82, 2.24) is 14.5 Å². The van der Waals surface area contributed by atoms with Gasteiger partial charge in [0.1, 0.15) is 0 Å². The van der Waals surface area contributed by atoms with Crippen LogP contribution >= 0.6 is 0 Å². The third-order valence-corrected chi connectivity index (χ3v) is 4.36. The van der Waals surface area contributed by atoms with Crippen molar-refractivity contribution in [3.05, 3.63) is 44.5 Å². The summed E-state index contributed by atoms with van der Waals surface area (Å²) in [6, 6.07) is 4.73. The third-order valence-electron chi connectivity index (χ3n) is 4.36. The average Bonchev–Trinajstić information content (AvgIpc) is 3.05. The number of aryl methyl sites for hydroxylation is 1. The Labute approximate surface area is 136 Å². The topological polar surface area (TPSA) is 112 Å². The maximum absolute atomic E-state index is 12.5. The van der Waals surface area contributed by atoms with Crippen LogP contribution in [-0.2, 0) is 11.3 Å². The lowest BCUT2D eigenvalue weighted by molar-refractivity contribution is -0.141. The van der Waals surface area contributed by atoms with Crippen LogP contribution in [0.15, 0.2) is 27.8 Å². The summed E-state index contributed by atoms with van der Waals surface area (Å²) in [5, 5.41) is 9.03. The number of carboxylic acid groups (broad SMARTS) is 1. The fourth-order valence-corrected chi connectivity index (χ4v) is 3.06. The van der Waals surface area contributed by atoms with Gasteiger partial charge in [-0.25, -0.2) is 0 Å². The summed E-state index contributed by atoms with van der Waals surface area (Å²) in [5.74, 6) is -1.73. The van der Waals surface area contributed by atoms with Gasteiger partial charge < -0.3 is 19.6 Å². The quantitative estimate of drug-likeness (QED) is 0.783. The Kier molecular flexibility index (Phi) is 3.96. The van der Waals surface area contributed by atoms with Crippen LogP contribution in [0.5, 0.6) is 0 Å². The first-order valence-electron chi connectivity index (χ1n) is 7.71. The summed E-state index contributed by atoms with van der Waals surface area (Å²) in [4.78, 5) is 51.1. The molecule has 8 nitrogen and oxygen atoms in total. The maximum atomic E-state index is 12.5. The largest absolute Gasteiger partial charge is 0.481 e. The smallest absolute Gasteiger partial charge is 0.316 e. The number of hydrogen-bond donors (Lipinski definition) is 2. The number of amides is 1. The molecule has 0 saturated carbocycles. The molecule has 8 heteroatoms. The lowest BCUT2D eigenvalue weighted by Gasteiger charge is -2.16. The zero-order chi connectivity index (χ0) is 17.4. The number of H-pyrrole nitrogens is 1. The van der Waals surface area contributed by atoms with E-state index < -0.39 is 23.0 Å². The summed E-state index contributed by atoms with van der Waals surface area (Å²) in [7, 11) is 0. The van der Waals surface area contributed by atoms with E-state index in [1.807, 2.05) is 0 Å². The highest BCUT2D eigenvalue weighted by molar-refractivity contribution is 5.97. The fraction of sp³-hybridized carbons (Fsp3) is 0.375. The number of aliphatic carboxylic acids is 1. The summed E-state index contributed by atoms with van der Waals surface area (Å²) in [6.07, 6.45) is 0.431. The summed E-state index contributed by atoms with van der Waals surface area (Å²) in [5.41, 5.74) is -0.0655. The molecule has 0 aliphatic carbocycles. The Bertz CT molecular complexity index is 943. The number of hydrogen-bond acceptors (Lipinski definition) is 4.